The van der Waals surface area contributed by atoms with E-state index >= 15 is 0 Å². The van der Waals surface area contributed by atoms with Gasteiger partial charge in [0.05, 0.1) is 6.54 Å². The molecule has 0 aromatic heterocycles. The van der Waals surface area contributed by atoms with E-state index in [9.17, 15) is 14.4 Å². The van der Waals surface area contributed by atoms with Crippen LogP contribution < -0.4 is 15.4 Å². The van der Waals surface area contributed by atoms with Crippen molar-refractivity contribution in [1.29, 1.82) is 0 Å². The second kappa shape index (κ2) is 10.7. The summed E-state index contributed by atoms with van der Waals surface area (Å²) < 4.78 is 10.3. The first kappa shape index (κ1) is 21.0. The molecule has 0 saturated heterocycles. The zero-order valence-electron chi connectivity index (χ0n) is 16.0. The number of amides is 2. The summed E-state index contributed by atoms with van der Waals surface area (Å²) in [7, 11) is 0. The maximum Gasteiger partial charge on any atom is 0.325 e. The molecule has 2 aromatic carbocycles. The Labute approximate surface area is 164 Å². The molecule has 2 aromatic rings. The minimum absolute atomic E-state index is 0.286. The summed E-state index contributed by atoms with van der Waals surface area (Å²) in [4.78, 5) is 35.4. The molecule has 0 spiro atoms. The molecule has 0 saturated carbocycles. The summed E-state index contributed by atoms with van der Waals surface area (Å²) in [6.45, 7) is 3.72. The number of esters is 1. The van der Waals surface area contributed by atoms with E-state index in [1.165, 1.54) is 0 Å². The molecule has 2 amide bonds. The lowest BCUT2D eigenvalue weighted by Crippen LogP contribution is -2.35. The highest BCUT2D eigenvalue weighted by molar-refractivity contribution is 5.96. The first-order valence-corrected chi connectivity index (χ1v) is 8.91. The SMILES string of the molecule is Cc1ccc(C(=O)NCC(=O)OCC(=O)NCCOc2ccccc2)cc1C. The topological polar surface area (TPSA) is 93.7 Å². The van der Waals surface area contributed by atoms with Gasteiger partial charge in [-0.1, -0.05) is 24.3 Å². The van der Waals surface area contributed by atoms with E-state index in [-0.39, 0.29) is 19.0 Å². The van der Waals surface area contributed by atoms with Crippen LogP contribution in [0.2, 0.25) is 0 Å². The molecule has 2 N–H and O–H groups in total. The quantitative estimate of drug-likeness (QED) is 0.508. The molecule has 0 heterocycles. The summed E-state index contributed by atoms with van der Waals surface area (Å²) >= 11 is 0. The molecular formula is C21H24N2O5. The molecule has 0 fully saturated rings. The number of aryl methyl sites for hydroxylation is 2. The highest BCUT2D eigenvalue weighted by Gasteiger charge is 2.11. The highest BCUT2D eigenvalue weighted by atomic mass is 16.5. The lowest BCUT2D eigenvalue weighted by atomic mass is 10.1. The predicted octanol–water partition coefficient (Wildman–Crippen LogP) is 1.77. The smallest absolute Gasteiger partial charge is 0.325 e. The molecule has 7 nitrogen and oxygen atoms in total. The molecule has 28 heavy (non-hydrogen) atoms. The van der Waals surface area contributed by atoms with Crippen LogP contribution in [0.1, 0.15) is 21.5 Å². The van der Waals surface area contributed by atoms with Crippen molar-refractivity contribution in [1.82, 2.24) is 10.6 Å². The molecule has 0 aliphatic heterocycles. The summed E-state index contributed by atoms with van der Waals surface area (Å²) in [6, 6.07) is 14.5. The number of benzene rings is 2. The van der Waals surface area contributed by atoms with Crippen LogP contribution in [0.15, 0.2) is 48.5 Å². The Balaban J connectivity index is 1.60. The van der Waals surface area contributed by atoms with Gasteiger partial charge >= 0.3 is 5.97 Å². The van der Waals surface area contributed by atoms with E-state index in [1.54, 1.807) is 12.1 Å². The lowest BCUT2D eigenvalue weighted by Gasteiger charge is -2.09. The van der Waals surface area contributed by atoms with Crippen molar-refractivity contribution in [3.8, 4) is 5.75 Å². The largest absolute Gasteiger partial charge is 0.492 e. The Hall–Kier alpha value is -3.35. The van der Waals surface area contributed by atoms with E-state index in [1.807, 2.05) is 50.2 Å². The Kier molecular flexibility index (Phi) is 8.02. The van der Waals surface area contributed by atoms with E-state index < -0.39 is 18.5 Å². The molecule has 148 valence electrons. The van der Waals surface area contributed by atoms with Gasteiger partial charge in [-0.25, -0.2) is 0 Å². The van der Waals surface area contributed by atoms with Crippen LogP contribution in [-0.4, -0.2) is 44.1 Å². The number of carbonyl (C=O) groups is 3. The van der Waals surface area contributed by atoms with Crippen molar-refractivity contribution in [2.45, 2.75) is 13.8 Å². The van der Waals surface area contributed by atoms with E-state index in [2.05, 4.69) is 10.6 Å². The second-order valence-corrected chi connectivity index (χ2v) is 6.15. The van der Waals surface area contributed by atoms with E-state index in [0.717, 1.165) is 11.1 Å². The van der Waals surface area contributed by atoms with Crippen molar-refractivity contribution >= 4 is 17.8 Å². The number of ether oxygens (including phenoxy) is 2. The number of rotatable bonds is 9. The van der Waals surface area contributed by atoms with Gasteiger partial charge in [-0.2, -0.15) is 0 Å². The van der Waals surface area contributed by atoms with Crippen LogP contribution >= 0.6 is 0 Å². The van der Waals surface area contributed by atoms with Crippen molar-refractivity contribution in [3.63, 3.8) is 0 Å². The van der Waals surface area contributed by atoms with Crippen LogP contribution in [0.5, 0.6) is 5.75 Å². The zero-order chi connectivity index (χ0) is 20.4. The van der Waals surface area contributed by atoms with E-state index in [0.29, 0.717) is 17.9 Å². The van der Waals surface area contributed by atoms with E-state index in [4.69, 9.17) is 9.47 Å². The Bertz CT molecular complexity index is 821. The molecule has 0 aliphatic rings. The third-order valence-electron chi connectivity index (χ3n) is 3.96. The van der Waals surface area contributed by atoms with Crippen LogP contribution in [0.25, 0.3) is 0 Å². The minimum atomic E-state index is -0.687. The van der Waals surface area contributed by atoms with Crippen molar-refractivity contribution in [2.75, 3.05) is 26.3 Å². The van der Waals surface area contributed by atoms with Gasteiger partial charge in [0.2, 0.25) is 0 Å². The maximum absolute atomic E-state index is 12.0. The molecule has 7 heteroatoms. The third-order valence-corrected chi connectivity index (χ3v) is 3.96. The average molecular weight is 384 g/mol. The number of nitrogens with one attached hydrogen (secondary N) is 2. The van der Waals surface area contributed by atoms with Gasteiger partial charge in [-0.15, -0.1) is 0 Å². The molecule has 0 aliphatic carbocycles. The number of hydrogen-bond acceptors (Lipinski definition) is 5. The monoisotopic (exact) mass is 384 g/mol. The Morgan fingerprint density at radius 2 is 1.68 bits per heavy atom. The number of para-hydroxylation sites is 1. The van der Waals surface area contributed by atoms with Gasteiger partial charge in [0.15, 0.2) is 6.61 Å². The molecule has 0 radical (unpaired) electrons. The summed E-state index contributed by atoms with van der Waals surface area (Å²) in [5.74, 6) is -0.788. The van der Waals surface area contributed by atoms with Gasteiger partial charge in [0, 0.05) is 5.56 Å². The predicted molar refractivity (Wildman–Crippen MR) is 104 cm³/mol. The zero-order valence-corrected chi connectivity index (χ0v) is 16.0. The highest BCUT2D eigenvalue weighted by Crippen LogP contribution is 2.09. The minimum Gasteiger partial charge on any atom is -0.492 e. The Morgan fingerprint density at radius 1 is 0.929 bits per heavy atom. The summed E-state index contributed by atoms with van der Waals surface area (Å²) in [6.07, 6.45) is 0. The maximum atomic E-state index is 12.0. The standard InChI is InChI=1S/C21H24N2O5/c1-15-8-9-17(12-16(15)2)21(26)23-13-20(25)28-14-19(24)22-10-11-27-18-6-4-3-5-7-18/h3-9,12H,10-11,13-14H2,1-2H3,(H,22,24)(H,23,26). The van der Waals surface area contributed by atoms with Crippen LogP contribution in [0.3, 0.4) is 0 Å². The molecular weight excluding hydrogens is 360 g/mol. The second-order valence-electron chi connectivity index (χ2n) is 6.15. The lowest BCUT2D eigenvalue weighted by molar-refractivity contribution is -0.147. The van der Waals surface area contributed by atoms with Gasteiger partial charge in [0.1, 0.15) is 18.9 Å². The molecule has 0 unspecified atom stereocenters. The fraction of sp³-hybridized carbons (Fsp3) is 0.286. The first-order valence-electron chi connectivity index (χ1n) is 8.91. The van der Waals surface area contributed by atoms with Crippen molar-refractivity contribution in [3.05, 3.63) is 65.2 Å². The van der Waals surface area contributed by atoms with Crippen LogP contribution in [0.4, 0.5) is 0 Å². The number of hydrogen-bond donors (Lipinski definition) is 2. The summed E-state index contributed by atoms with van der Waals surface area (Å²) in [5, 5.41) is 5.06. The molecule has 2 rings (SSSR count). The fourth-order valence-corrected chi connectivity index (χ4v) is 2.26. The van der Waals surface area contributed by atoms with Crippen molar-refractivity contribution < 1.29 is 23.9 Å². The summed E-state index contributed by atoms with van der Waals surface area (Å²) in [5.41, 5.74) is 2.53. The fourth-order valence-electron chi connectivity index (χ4n) is 2.26. The van der Waals surface area contributed by atoms with Gasteiger partial charge in [-0.3, -0.25) is 14.4 Å². The van der Waals surface area contributed by atoms with Gasteiger partial charge in [0.25, 0.3) is 11.8 Å². The van der Waals surface area contributed by atoms with Gasteiger partial charge < -0.3 is 20.1 Å². The van der Waals surface area contributed by atoms with Crippen LogP contribution in [-0.2, 0) is 14.3 Å². The Morgan fingerprint density at radius 3 is 2.39 bits per heavy atom. The van der Waals surface area contributed by atoms with Crippen molar-refractivity contribution in [2.24, 2.45) is 0 Å². The van der Waals surface area contributed by atoms with Crippen LogP contribution in [0, 0.1) is 13.8 Å². The average Bonchev–Trinajstić information content (AvgIpc) is 2.70. The van der Waals surface area contributed by atoms with Gasteiger partial charge in [-0.05, 0) is 49.2 Å². The normalized spacial score (nSPS) is 10.1. The first-order chi connectivity index (χ1) is 13.5. The molecule has 0 bridgehead atoms. The number of carbonyl (C=O) groups excluding carboxylic acids is 3. The molecule has 0 atom stereocenters. The third kappa shape index (κ3) is 7.11.